The van der Waals surface area contributed by atoms with E-state index < -0.39 is 23.7 Å². The van der Waals surface area contributed by atoms with E-state index >= 15 is 0 Å². The van der Waals surface area contributed by atoms with Crippen LogP contribution in [0.15, 0.2) is 30.3 Å². The third kappa shape index (κ3) is 5.49. The predicted molar refractivity (Wildman–Crippen MR) is 124 cm³/mol. The van der Waals surface area contributed by atoms with E-state index in [1.165, 1.54) is 7.11 Å². The molecule has 2 aliphatic rings. The van der Waals surface area contributed by atoms with E-state index in [4.69, 9.17) is 9.47 Å². The fourth-order valence-electron chi connectivity index (χ4n) is 4.92. The van der Waals surface area contributed by atoms with Crippen LogP contribution in [0.2, 0.25) is 0 Å². The normalized spacial score (nSPS) is 24.8. The Morgan fingerprint density at radius 2 is 1.85 bits per heavy atom. The molecule has 182 valence electrons. The van der Waals surface area contributed by atoms with Crippen LogP contribution in [0.5, 0.6) is 0 Å². The molecular formula is C25H37N3O5. The fourth-order valence-corrected chi connectivity index (χ4v) is 4.92. The minimum absolute atomic E-state index is 0.0264. The van der Waals surface area contributed by atoms with Crippen LogP contribution in [0.25, 0.3) is 0 Å². The van der Waals surface area contributed by atoms with Gasteiger partial charge in [0.2, 0.25) is 5.91 Å². The maximum atomic E-state index is 13.5. The number of benzene rings is 1. The van der Waals surface area contributed by atoms with Crippen molar-refractivity contribution in [2.75, 3.05) is 20.3 Å². The fraction of sp³-hybridized carbons (Fsp3) is 0.640. The lowest BCUT2D eigenvalue weighted by molar-refractivity contribution is -0.153. The van der Waals surface area contributed by atoms with Crippen LogP contribution in [-0.2, 0) is 25.5 Å². The summed E-state index contributed by atoms with van der Waals surface area (Å²) in [5.74, 6) is -0.515. The summed E-state index contributed by atoms with van der Waals surface area (Å²) in [6.45, 7) is 10.00. The lowest BCUT2D eigenvalue weighted by atomic mass is 9.96. The molecule has 0 spiro atoms. The van der Waals surface area contributed by atoms with Crippen molar-refractivity contribution >= 4 is 18.0 Å². The maximum Gasteiger partial charge on any atom is 0.411 e. The first-order chi connectivity index (χ1) is 15.6. The number of amides is 2. The molecule has 2 amide bonds. The zero-order chi connectivity index (χ0) is 24.3. The van der Waals surface area contributed by atoms with Crippen molar-refractivity contribution in [3.63, 3.8) is 0 Å². The first kappa shape index (κ1) is 25.0. The van der Waals surface area contributed by atoms with Crippen molar-refractivity contribution in [2.24, 2.45) is 0 Å². The van der Waals surface area contributed by atoms with Crippen LogP contribution >= 0.6 is 0 Å². The molecule has 0 aliphatic carbocycles. The van der Waals surface area contributed by atoms with E-state index in [0.717, 1.165) is 5.56 Å². The summed E-state index contributed by atoms with van der Waals surface area (Å²) in [7, 11) is 1.34. The van der Waals surface area contributed by atoms with Crippen molar-refractivity contribution < 1.29 is 23.9 Å². The van der Waals surface area contributed by atoms with Crippen molar-refractivity contribution in [3.8, 4) is 0 Å². The number of carbonyl (C=O) groups is 3. The molecule has 0 unspecified atom stereocenters. The zero-order valence-electron chi connectivity index (χ0n) is 20.6. The summed E-state index contributed by atoms with van der Waals surface area (Å²) in [5, 5.41) is 0. The van der Waals surface area contributed by atoms with Gasteiger partial charge in [0.25, 0.3) is 0 Å². The number of hydrogen-bond acceptors (Lipinski definition) is 6. The van der Waals surface area contributed by atoms with Crippen LogP contribution < -0.4 is 0 Å². The Bertz CT molecular complexity index is 853. The van der Waals surface area contributed by atoms with Gasteiger partial charge < -0.3 is 14.4 Å². The highest BCUT2D eigenvalue weighted by atomic mass is 16.6. The zero-order valence-corrected chi connectivity index (χ0v) is 20.6. The number of methoxy groups -OCH3 is 1. The van der Waals surface area contributed by atoms with Gasteiger partial charge in [-0.2, -0.15) is 0 Å². The van der Waals surface area contributed by atoms with Crippen molar-refractivity contribution in [1.29, 1.82) is 0 Å². The minimum atomic E-state index is -0.647. The highest BCUT2D eigenvalue weighted by molar-refractivity contribution is 5.87. The summed E-state index contributed by atoms with van der Waals surface area (Å²) in [5.41, 5.74) is 0.516. The molecule has 0 N–H and O–H groups in total. The molecule has 4 atom stereocenters. The molecule has 0 saturated carbocycles. The average Bonchev–Trinajstić information content (AvgIpc) is 3.04. The smallest absolute Gasteiger partial charge is 0.411 e. The van der Waals surface area contributed by atoms with Gasteiger partial charge in [0.05, 0.1) is 25.9 Å². The number of esters is 1. The standard InChI is InChI=1S/C25H37N3O5/c1-7-19-22(29)26(17(2)23(30)32-6)14-13-20-21(15-18-11-9-8-10-12-18)28(16-27(19)20)24(31)33-25(3,4)5/h8-12,17,19-21H,7,13-16H2,1-6H3/t17-,19-,20+,21-/m0/s1. The average molecular weight is 460 g/mol. The first-order valence-electron chi connectivity index (χ1n) is 11.7. The lowest BCUT2D eigenvalue weighted by Gasteiger charge is -2.32. The molecular weight excluding hydrogens is 422 g/mol. The molecule has 0 bridgehead atoms. The topological polar surface area (TPSA) is 79.4 Å². The Kier molecular flexibility index (Phi) is 7.67. The SMILES string of the molecule is CC[C@H]1C(=O)N([C@@H](C)C(=O)OC)CC[C@@H]2[C@H](Cc3ccccc3)N(C(=O)OC(C)(C)C)CN21. The monoisotopic (exact) mass is 459 g/mol. The molecule has 33 heavy (non-hydrogen) atoms. The Labute approximate surface area is 196 Å². The quantitative estimate of drug-likeness (QED) is 0.630. The number of rotatable bonds is 5. The third-order valence-electron chi connectivity index (χ3n) is 6.53. The number of ether oxygens (including phenoxy) is 2. The molecule has 0 radical (unpaired) electrons. The van der Waals surface area contributed by atoms with Gasteiger partial charge in [-0.05, 0) is 52.5 Å². The Hall–Kier alpha value is -2.61. The van der Waals surface area contributed by atoms with E-state index in [-0.39, 0.29) is 24.1 Å². The van der Waals surface area contributed by atoms with E-state index in [2.05, 4.69) is 17.0 Å². The highest BCUT2D eigenvalue weighted by Crippen LogP contribution is 2.33. The molecule has 2 aliphatic heterocycles. The molecule has 2 fully saturated rings. The predicted octanol–water partition coefficient (Wildman–Crippen LogP) is 3.05. The van der Waals surface area contributed by atoms with E-state index in [1.807, 2.05) is 45.9 Å². The second kappa shape index (κ2) is 10.1. The molecule has 1 aromatic rings. The van der Waals surface area contributed by atoms with Crippen LogP contribution in [0, 0.1) is 0 Å². The van der Waals surface area contributed by atoms with E-state index in [9.17, 15) is 14.4 Å². The second-order valence-corrected chi connectivity index (χ2v) is 9.87. The van der Waals surface area contributed by atoms with Crippen LogP contribution in [0.1, 0.15) is 53.0 Å². The van der Waals surface area contributed by atoms with Gasteiger partial charge in [0.1, 0.15) is 11.6 Å². The van der Waals surface area contributed by atoms with Gasteiger partial charge in [-0.3, -0.25) is 14.6 Å². The summed E-state index contributed by atoms with van der Waals surface area (Å²) >= 11 is 0. The highest BCUT2D eigenvalue weighted by Gasteiger charge is 2.50. The van der Waals surface area contributed by atoms with Crippen molar-refractivity contribution in [3.05, 3.63) is 35.9 Å². The Morgan fingerprint density at radius 1 is 1.18 bits per heavy atom. The van der Waals surface area contributed by atoms with Gasteiger partial charge in [0, 0.05) is 12.6 Å². The molecule has 8 nitrogen and oxygen atoms in total. The summed E-state index contributed by atoms with van der Waals surface area (Å²) in [6, 6.07) is 8.83. The van der Waals surface area contributed by atoms with Crippen molar-refractivity contribution in [2.45, 2.75) is 83.6 Å². The number of nitrogens with zero attached hydrogens (tertiary/aromatic N) is 3. The molecule has 0 aromatic heterocycles. The van der Waals surface area contributed by atoms with Crippen molar-refractivity contribution in [1.82, 2.24) is 14.7 Å². The third-order valence-corrected chi connectivity index (χ3v) is 6.53. The maximum absolute atomic E-state index is 13.5. The summed E-state index contributed by atoms with van der Waals surface area (Å²) < 4.78 is 10.6. The van der Waals surface area contributed by atoms with Crippen LogP contribution in [0.3, 0.4) is 0 Å². The lowest BCUT2D eigenvalue weighted by Crippen LogP contribution is -2.51. The Balaban J connectivity index is 1.94. The van der Waals surface area contributed by atoms with E-state index in [0.29, 0.717) is 32.5 Å². The van der Waals surface area contributed by atoms with Gasteiger partial charge in [-0.25, -0.2) is 9.59 Å². The molecule has 2 heterocycles. The van der Waals surface area contributed by atoms with Gasteiger partial charge in [-0.1, -0.05) is 37.3 Å². The molecule has 2 saturated heterocycles. The summed E-state index contributed by atoms with van der Waals surface area (Å²) in [4.78, 5) is 44.4. The van der Waals surface area contributed by atoms with E-state index in [1.54, 1.807) is 16.7 Å². The number of fused-ring (bicyclic) bond motifs is 1. The Morgan fingerprint density at radius 3 is 2.42 bits per heavy atom. The van der Waals surface area contributed by atoms with Gasteiger partial charge in [0.15, 0.2) is 0 Å². The second-order valence-electron chi connectivity index (χ2n) is 9.87. The van der Waals surface area contributed by atoms with Crippen LogP contribution in [0.4, 0.5) is 4.79 Å². The molecule has 1 aromatic carbocycles. The first-order valence-corrected chi connectivity index (χ1v) is 11.7. The largest absolute Gasteiger partial charge is 0.467 e. The molecule has 8 heteroatoms. The van der Waals surface area contributed by atoms with Gasteiger partial charge in [-0.15, -0.1) is 0 Å². The van der Waals surface area contributed by atoms with Crippen LogP contribution in [-0.4, -0.2) is 82.8 Å². The number of carbonyl (C=O) groups excluding carboxylic acids is 3. The van der Waals surface area contributed by atoms with Gasteiger partial charge >= 0.3 is 12.1 Å². The summed E-state index contributed by atoms with van der Waals surface area (Å²) in [6.07, 6.45) is 1.54. The molecule has 3 rings (SSSR count). The number of hydrogen-bond donors (Lipinski definition) is 0. The minimum Gasteiger partial charge on any atom is -0.467 e.